The Morgan fingerprint density at radius 3 is 2.21 bits per heavy atom. The van der Waals surface area contributed by atoms with Crippen molar-refractivity contribution in [3.63, 3.8) is 0 Å². The summed E-state index contributed by atoms with van der Waals surface area (Å²) in [4.78, 5) is 10.5. The summed E-state index contributed by atoms with van der Waals surface area (Å²) in [5.41, 5.74) is 5.11. The van der Waals surface area contributed by atoms with Crippen molar-refractivity contribution in [3.05, 3.63) is 29.8 Å². The van der Waals surface area contributed by atoms with Gasteiger partial charge >= 0.3 is 13.2 Å². The Labute approximate surface area is 105 Å². The van der Waals surface area contributed by atoms with E-state index in [1.165, 1.54) is 12.1 Å². The van der Waals surface area contributed by atoms with E-state index in [1.54, 1.807) is 0 Å². The third-order valence-electron chi connectivity index (χ3n) is 1.84. The Hall–Kier alpha value is -2.25. The highest BCUT2D eigenvalue weighted by Crippen LogP contribution is 2.31. The minimum Gasteiger partial charge on any atom is -0.431 e. The van der Waals surface area contributed by atoms with E-state index in [2.05, 4.69) is 9.47 Å². The minimum atomic E-state index is -3.20. The maximum atomic E-state index is 12.1. The van der Waals surface area contributed by atoms with Gasteiger partial charge in [-0.25, -0.2) is 0 Å². The fourth-order valence-electron chi connectivity index (χ4n) is 1.19. The lowest BCUT2D eigenvalue weighted by Gasteiger charge is -2.12. The van der Waals surface area contributed by atoms with Gasteiger partial charge in [-0.1, -0.05) is 6.07 Å². The van der Waals surface area contributed by atoms with Crippen LogP contribution >= 0.6 is 0 Å². The van der Waals surface area contributed by atoms with E-state index in [0.717, 1.165) is 18.2 Å². The van der Waals surface area contributed by atoms with E-state index in [-0.39, 0.29) is 5.56 Å². The van der Waals surface area contributed by atoms with Gasteiger partial charge in [0, 0.05) is 6.08 Å². The fraction of sp³-hybridized carbons (Fsp3) is 0.182. The molecule has 1 aromatic rings. The minimum absolute atomic E-state index is 0.260. The summed E-state index contributed by atoms with van der Waals surface area (Å²) >= 11 is 0. The molecule has 0 heterocycles. The van der Waals surface area contributed by atoms with Crippen LogP contribution in [-0.2, 0) is 4.79 Å². The highest BCUT2D eigenvalue weighted by Gasteiger charge is 2.14. The molecule has 104 valence electrons. The molecule has 0 spiro atoms. The molecule has 0 aliphatic rings. The molecule has 8 heteroatoms. The van der Waals surface area contributed by atoms with Crippen molar-refractivity contribution in [2.45, 2.75) is 13.2 Å². The third kappa shape index (κ3) is 5.28. The van der Waals surface area contributed by atoms with Crippen molar-refractivity contribution >= 4 is 12.0 Å². The molecule has 0 fully saturated rings. The second kappa shape index (κ2) is 6.62. The molecule has 2 N–H and O–H groups in total. The predicted octanol–water partition coefficient (Wildman–Crippen LogP) is 2.39. The summed E-state index contributed by atoms with van der Waals surface area (Å²) in [6.07, 6.45) is 2.20. The van der Waals surface area contributed by atoms with Crippen LogP contribution in [0.4, 0.5) is 17.6 Å². The quantitative estimate of drug-likeness (QED) is 0.642. The molecular formula is C11H9F4NO3. The Kier molecular flexibility index (Phi) is 5.16. The molecule has 0 saturated heterocycles. The summed E-state index contributed by atoms with van der Waals surface area (Å²) in [6.45, 7) is -6.37. The molecule has 0 bridgehead atoms. The van der Waals surface area contributed by atoms with Crippen LogP contribution in [-0.4, -0.2) is 19.1 Å². The van der Waals surface area contributed by atoms with Crippen molar-refractivity contribution in [3.8, 4) is 11.5 Å². The zero-order valence-corrected chi connectivity index (χ0v) is 9.36. The third-order valence-corrected chi connectivity index (χ3v) is 1.84. The number of nitrogens with two attached hydrogens (primary N) is 1. The number of halogens is 4. The molecule has 4 nitrogen and oxygen atoms in total. The predicted molar refractivity (Wildman–Crippen MR) is 57.9 cm³/mol. The van der Waals surface area contributed by atoms with Crippen molar-refractivity contribution in [1.29, 1.82) is 0 Å². The van der Waals surface area contributed by atoms with Crippen LogP contribution in [0.5, 0.6) is 11.5 Å². The first-order valence-electron chi connectivity index (χ1n) is 4.89. The van der Waals surface area contributed by atoms with Crippen LogP contribution in [0, 0.1) is 0 Å². The lowest BCUT2D eigenvalue weighted by Crippen LogP contribution is -2.08. The van der Waals surface area contributed by atoms with Crippen LogP contribution in [0.3, 0.4) is 0 Å². The molecule has 0 atom stereocenters. The molecule has 0 aromatic heterocycles. The van der Waals surface area contributed by atoms with E-state index in [9.17, 15) is 22.4 Å². The number of hydrogen-bond acceptors (Lipinski definition) is 3. The Bertz CT molecular complexity index is 477. The van der Waals surface area contributed by atoms with E-state index in [4.69, 9.17) is 5.73 Å². The maximum Gasteiger partial charge on any atom is 0.387 e. The second-order valence-electron chi connectivity index (χ2n) is 3.20. The van der Waals surface area contributed by atoms with E-state index >= 15 is 0 Å². The van der Waals surface area contributed by atoms with Gasteiger partial charge in [0.2, 0.25) is 5.91 Å². The fourth-order valence-corrected chi connectivity index (χ4v) is 1.19. The van der Waals surface area contributed by atoms with Crippen LogP contribution in [0.1, 0.15) is 5.56 Å². The van der Waals surface area contributed by atoms with Gasteiger partial charge in [-0.15, -0.1) is 0 Å². The van der Waals surface area contributed by atoms with Gasteiger partial charge in [0.15, 0.2) is 11.5 Å². The molecule has 0 aliphatic carbocycles. The van der Waals surface area contributed by atoms with Crippen molar-refractivity contribution in [1.82, 2.24) is 0 Å². The summed E-state index contributed by atoms with van der Waals surface area (Å²) in [5.74, 6) is -1.85. The molecule has 0 aliphatic heterocycles. The van der Waals surface area contributed by atoms with Crippen LogP contribution in [0.25, 0.3) is 6.08 Å². The molecule has 1 amide bonds. The number of benzene rings is 1. The topological polar surface area (TPSA) is 61.6 Å². The number of carbonyl (C=O) groups excluding carboxylic acids is 1. The molecular weight excluding hydrogens is 270 g/mol. The Morgan fingerprint density at radius 2 is 1.68 bits per heavy atom. The van der Waals surface area contributed by atoms with Gasteiger partial charge in [-0.2, -0.15) is 17.6 Å². The summed E-state index contributed by atoms with van der Waals surface area (Å²) in [5, 5.41) is 0. The largest absolute Gasteiger partial charge is 0.431 e. The molecule has 1 rings (SSSR count). The van der Waals surface area contributed by atoms with Crippen molar-refractivity contribution < 1.29 is 31.8 Å². The molecule has 19 heavy (non-hydrogen) atoms. The van der Waals surface area contributed by atoms with Crippen LogP contribution < -0.4 is 15.2 Å². The van der Waals surface area contributed by atoms with Gasteiger partial charge in [0.1, 0.15) is 0 Å². The van der Waals surface area contributed by atoms with E-state index < -0.39 is 30.6 Å². The number of amides is 1. The molecule has 0 saturated carbocycles. The SMILES string of the molecule is NC(=O)C=Cc1ccc(OC(F)F)c(OC(F)F)c1. The first kappa shape index (κ1) is 14.8. The maximum absolute atomic E-state index is 12.1. The highest BCUT2D eigenvalue weighted by atomic mass is 19.3. The van der Waals surface area contributed by atoms with Gasteiger partial charge in [0.05, 0.1) is 0 Å². The standard InChI is InChI=1S/C11H9F4NO3/c12-10(13)18-7-3-1-6(2-4-9(16)17)5-8(7)19-11(14)15/h1-5,10-11H,(H2,16,17). The molecule has 0 unspecified atom stereocenters. The monoisotopic (exact) mass is 279 g/mol. The number of rotatable bonds is 6. The van der Waals surface area contributed by atoms with Gasteiger partial charge < -0.3 is 15.2 Å². The van der Waals surface area contributed by atoms with Crippen LogP contribution in [0.15, 0.2) is 24.3 Å². The Morgan fingerprint density at radius 1 is 1.11 bits per heavy atom. The average Bonchev–Trinajstić information content (AvgIpc) is 2.28. The lowest BCUT2D eigenvalue weighted by atomic mass is 10.2. The van der Waals surface area contributed by atoms with Crippen molar-refractivity contribution in [2.75, 3.05) is 0 Å². The first-order chi connectivity index (χ1) is 8.88. The number of carbonyl (C=O) groups is 1. The van der Waals surface area contributed by atoms with E-state index in [0.29, 0.717) is 0 Å². The van der Waals surface area contributed by atoms with Crippen LogP contribution in [0.2, 0.25) is 0 Å². The first-order valence-corrected chi connectivity index (χ1v) is 4.89. The number of alkyl halides is 4. The molecule has 0 radical (unpaired) electrons. The summed E-state index contributed by atoms with van der Waals surface area (Å²) in [7, 11) is 0. The average molecular weight is 279 g/mol. The van der Waals surface area contributed by atoms with Crippen molar-refractivity contribution in [2.24, 2.45) is 5.73 Å². The number of hydrogen-bond donors (Lipinski definition) is 1. The molecule has 1 aromatic carbocycles. The zero-order chi connectivity index (χ0) is 14.4. The normalized spacial score (nSPS) is 11.3. The van der Waals surface area contributed by atoms with Gasteiger partial charge in [-0.3, -0.25) is 4.79 Å². The van der Waals surface area contributed by atoms with E-state index in [1.807, 2.05) is 0 Å². The number of primary amides is 1. The highest BCUT2D eigenvalue weighted by molar-refractivity contribution is 5.90. The second-order valence-corrected chi connectivity index (χ2v) is 3.20. The zero-order valence-electron chi connectivity index (χ0n) is 9.36. The van der Waals surface area contributed by atoms with Gasteiger partial charge in [-0.05, 0) is 23.8 Å². The summed E-state index contributed by atoms with van der Waals surface area (Å²) < 4.78 is 56.4. The smallest absolute Gasteiger partial charge is 0.387 e. The lowest BCUT2D eigenvalue weighted by molar-refractivity contribution is -0.113. The van der Waals surface area contributed by atoms with Gasteiger partial charge in [0.25, 0.3) is 0 Å². The summed E-state index contributed by atoms with van der Waals surface area (Å²) in [6, 6.07) is 3.31. The Balaban J connectivity index is 3.03. The number of ether oxygens (including phenoxy) is 2.